The van der Waals surface area contributed by atoms with Crippen molar-refractivity contribution in [1.29, 1.82) is 0 Å². The van der Waals surface area contributed by atoms with Crippen LogP contribution in [-0.2, 0) is 120 Å². The Balaban J connectivity index is 0. The van der Waals surface area contributed by atoms with Crippen molar-refractivity contribution < 1.29 is 120 Å². The van der Waals surface area contributed by atoms with Crippen molar-refractivity contribution in [2.75, 3.05) is 0 Å². The average molecular weight is 556 g/mol. The van der Waals surface area contributed by atoms with Gasteiger partial charge in [-0.2, -0.15) is 0 Å². The third-order valence-electron chi connectivity index (χ3n) is 0. The predicted molar refractivity (Wildman–Crippen MR) is 0 cm³/mol. The molecule has 0 N–H and O–H groups in total. The van der Waals surface area contributed by atoms with E-state index >= 15 is 0 Å². The Hall–Kier alpha value is 3.84. The van der Waals surface area contributed by atoms with Gasteiger partial charge in [0.15, 0.2) is 0 Å². The van der Waals surface area contributed by atoms with Crippen LogP contribution in [0, 0.1) is 0 Å². The molecule has 0 fully saturated rings. The molecule has 0 aliphatic carbocycles. The van der Waals surface area contributed by atoms with Crippen LogP contribution in [0.3, 0.4) is 0 Å². The zero-order valence-corrected chi connectivity index (χ0v) is 9.80. The van der Waals surface area contributed by atoms with Crippen LogP contribution < -0.4 is 0 Å². The fourth-order valence-electron chi connectivity index (χ4n) is 0. The van der Waals surface area contributed by atoms with Crippen molar-refractivity contribution in [3.8, 4) is 0 Å². The summed E-state index contributed by atoms with van der Waals surface area (Å²) >= 11 is 0. The molecule has 0 rings (SSSR count). The summed E-state index contributed by atoms with van der Waals surface area (Å²) < 4.78 is 0. The second-order valence-electron chi connectivity index (χ2n) is 0. The molecule has 4 radical (unpaired) electrons. The van der Waals surface area contributed by atoms with Crippen LogP contribution in [0.4, 0.5) is 0 Å². The minimum atomic E-state index is 0. The monoisotopic (exact) mass is 551 g/mol. The molecule has 0 aliphatic rings. The van der Waals surface area contributed by atoms with Crippen LogP contribution in [0.5, 0.6) is 0 Å². The van der Waals surface area contributed by atoms with Gasteiger partial charge in [0.05, 0.1) is 0 Å². The third-order valence-corrected chi connectivity index (χ3v) is 0. The van der Waals surface area contributed by atoms with Gasteiger partial charge in [-0.15, -0.1) is 0 Å². The Morgan fingerprint density at radius 3 is 0.500 bits per heavy atom. The van der Waals surface area contributed by atoms with Gasteiger partial charge in [0.25, 0.3) is 0 Å². The predicted octanol–water partition coefficient (Wildman–Crippen LogP) is -0.0150. The Bertz CT molecular complexity index is 9.51. The summed E-state index contributed by atoms with van der Waals surface area (Å²) in [6.45, 7) is 0. The second-order valence-corrected chi connectivity index (χ2v) is 0. The summed E-state index contributed by atoms with van der Waals surface area (Å²) in [4.78, 5) is 0. The van der Waals surface area contributed by atoms with Gasteiger partial charge in [-0.3, -0.25) is 0 Å². The number of rotatable bonds is 0. The maximum atomic E-state index is 0. The topological polar surface area (TPSA) is 0 Å². The Morgan fingerprint density at radius 2 is 0.500 bits per heavy atom. The van der Waals surface area contributed by atoms with Crippen molar-refractivity contribution in [3.05, 3.63) is 0 Å². The molecule has 6 heteroatoms. The fourth-order valence-corrected chi connectivity index (χ4v) is 0. The molecule has 0 unspecified atom stereocenters. The molecule has 0 aromatic carbocycles. The first-order valence-electron chi connectivity index (χ1n) is 0. The summed E-state index contributed by atoms with van der Waals surface area (Å²) in [6.07, 6.45) is 0. The van der Waals surface area contributed by atoms with Gasteiger partial charge in [-0.1, -0.05) is 0 Å². The van der Waals surface area contributed by atoms with Crippen LogP contribution in [0.15, 0.2) is 0 Å². The van der Waals surface area contributed by atoms with Crippen molar-refractivity contribution >= 4 is 0 Å². The molecule has 0 aliphatic heterocycles. The molecule has 0 amide bonds. The fraction of sp³-hybridized carbons (Fsp3) is 0. The van der Waals surface area contributed by atoms with Crippen molar-refractivity contribution in [2.45, 2.75) is 0 Å². The molecular weight excluding hydrogens is 556 g/mol. The van der Waals surface area contributed by atoms with E-state index in [9.17, 15) is 0 Å². The van der Waals surface area contributed by atoms with E-state index < -0.39 is 0 Å². The zero-order chi connectivity index (χ0) is 0. The third kappa shape index (κ3) is 24.9. The quantitative estimate of drug-likeness (QED) is 0.369. The smallest absolute Gasteiger partial charge is 0 e. The molecule has 0 spiro atoms. The van der Waals surface area contributed by atoms with Crippen LogP contribution in [0.25, 0.3) is 0 Å². The number of hydrogen-bond donors (Lipinski definition) is 0. The van der Waals surface area contributed by atoms with E-state index in [-0.39, 0.29) is 120 Å². The molecular formula is Ag2Cu2Pd2. The van der Waals surface area contributed by atoms with E-state index in [1.54, 1.807) is 0 Å². The molecule has 0 bridgehead atoms. The second kappa shape index (κ2) is 36.8. The summed E-state index contributed by atoms with van der Waals surface area (Å²) in [7, 11) is 0. The van der Waals surface area contributed by atoms with E-state index in [4.69, 9.17) is 0 Å². The van der Waals surface area contributed by atoms with Crippen LogP contribution in [0.1, 0.15) is 0 Å². The van der Waals surface area contributed by atoms with E-state index in [1.165, 1.54) is 0 Å². The Kier molecular flexibility index (Phi) is 320. The maximum absolute atomic E-state index is 0. The molecule has 0 aromatic rings. The molecule has 0 saturated carbocycles. The molecule has 6 heavy (non-hydrogen) atoms. The van der Waals surface area contributed by atoms with Gasteiger partial charge in [0.1, 0.15) is 0 Å². The van der Waals surface area contributed by atoms with Crippen molar-refractivity contribution in [1.82, 2.24) is 0 Å². The largest absolute Gasteiger partial charge is 0 e. The van der Waals surface area contributed by atoms with Gasteiger partial charge < -0.3 is 0 Å². The van der Waals surface area contributed by atoms with Gasteiger partial charge in [0, 0.05) is 120 Å². The van der Waals surface area contributed by atoms with E-state index in [0.717, 1.165) is 0 Å². The Morgan fingerprint density at radius 1 is 0.500 bits per heavy atom. The molecule has 0 atom stereocenters. The summed E-state index contributed by atoms with van der Waals surface area (Å²) in [5.41, 5.74) is 0. The van der Waals surface area contributed by atoms with Crippen LogP contribution in [0.2, 0.25) is 0 Å². The molecule has 0 saturated heterocycles. The first-order chi connectivity index (χ1) is 0. The molecule has 64 valence electrons. The van der Waals surface area contributed by atoms with Gasteiger partial charge in [-0.05, 0) is 0 Å². The first kappa shape index (κ1) is 52.1. The molecule has 0 aromatic heterocycles. The van der Waals surface area contributed by atoms with E-state index in [1.807, 2.05) is 0 Å². The minimum absolute atomic E-state index is 0. The average Bonchev–Trinajstić information content (AvgIpc) is 0. The molecule has 0 heterocycles. The van der Waals surface area contributed by atoms with Gasteiger partial charge in [-0.25, -0.2) is 0 Å². The first-order valence-corrected chi connectivity index (χ1v) is 0. The zero-order valence-electron chi connectivity index (χ0n) is 1.84. The molecule has 0 nitrogen and oxygen atoms in total. The number of hydrogen-bond acceptors (Lipinski definition) is 0. The Labute approximate surface area is 117 Å². The summed E-state index contributed by atoms with van der Waals surface area (Å²) in [5, 5.41) is 0. The van der Waals surface area contributed by atoms with Gasteiger partial charge in [0.2, 0.25) is 0 Å². The van der Waals surface area contributed by atoms with E-state index in [2.05, 4.69) is 0 Å². The van der Waals surface area contributed by atoms with Crippen LogP contribution in [-0.4, -0.2) is 0 Å². The summed E-state index contributed by atoms with van der Waals surface area (Å²) in [6, 6.07) is 0. The SMILES string of the molecule is [Ag].[Ag].[Cu].[Cu].[Pd].[Pd]. The van der Waals surface area contributed by atoms with Crippen molar-refractivity contribution in [2.24, 2.45) is 0 Å². The minimum Gasteiger partial charge on any atom is 0 e. The maximum Gasteiger partial charge on any atom is 0 e. The summed E-state index contributed by atoms with van der Waals surface area (Å²) in [5.74, 6) is 0. The van der Waals surface area contributed by atoms with Gasteiger partial charge >= 0.3 is 0 Å². The normalized spacial score (nSPS) is 0. The standard InChI is InChI=1S/2Ag.2Cu.2Pd. The van der Waals surface area contributed by atoms with E-state index in [0.29, 0.717) is 0 Å². The van der Waals surface area contributed by atoms with Crippen LogP contribution >= 0.6 is 0 Å². The van der Waals surface area contributed by atoms with Crippen molar-refractivity contribution in [3.63, 3.8) is 0 Å².